The van der Waals surface area contributed by atoms with Crippen LogP contribution < -0.4 is 10.1 Å². The number of aromatic nitrogens is 1. The van der Waals surface area contributed by atoms with E-state index in [2.05, 4.69) is 30.2 Å². The minimum absolute atomic E-state index is 0.172. The van der Waals surface area contributed by atoms with Gasteiger partial charge >= 0.3 is 0 Å². The second-order valence-electron chi connectivity index (χ2n) is 5.40. The number of nitrogens with one attached hydrogen (secondary N) is 1. The van der Waals surface area contributed by atoms with Gasteiger partial charge in [-0.2, -0.15) is 0 Å². The van der Waals surface area contributed by atoms with E-state index < -0.39 is 0 Å². The van der Waals surface area contributed by atoms with Gasteiger partial charge < -0.3 is 14.8 Å². The minimum Gasteiger partial charge on any atom is -0.494 e. The van der Waals surface area contributed by atoms with Gasteiger partial charge in [0.25, 0.3) is 0 Å². The van der Waals surface area contributed by atoms with Gasteiger partial charge in [-0.3, -0.25) is 0 Å². The second kappa shape index (κ2) is 6.20. The Bertz CT molecular complexity index is 582. The molecule has 0 unspecified atom stereocenters. The summed E-state index contributed by atoms with van der Waals surface area (Å²) in [5, 5.41) is 4.45. The number of fused-ring (bicyclic) bond motifs is 1. The summed E-state index contributed by atoms with van der Waals surface area (Å²) in [5.74, 6) is 0.807. The molecule has 0 saturated heterocycles. The molecule has 0 aliphatic carbocycles. The van der Waals surface area contributed by atoms with Crippen molar-refractivity contribution in [1.82, 2.24) is 10.3 Å². The minimum atomic E-state index is -0.172. The van der Waals surface area contributed by atoms with Gasteiger partial charge in [0.15, 0.2) is 0 Å². The molecule has 0 fully saturated rings. The number of nitrogens with zero attached hydrogens (tertiary/aromatic N) is 1. The molecule has 0 saturated carbocycles. The second-order valence-corrected chi connectivity index (χ2v) is 5.40. The van der Waals surface area contributed by atoms with E-state index in [0.29, 0.717) is 6.54 Å². The van der Waals surface area contributed by atoms with Crippen molar-refractivity contribution in [3.8, 4) is 5.75 Å². The first-order valence-electron chi connectivity index (χ1n) is 6.74. The highest BCUT2D eigenvalue weighted by molar-refractivity contribution is 5.84. The Labute approximate surface area is 120 Å². The Morgan fingerprint density at radius 3 is 2.65 bits per heavy atom. The molecule has 0 atom stereocenters. The lowest BCUT2D eigenvalue weighted by Crippen LogP contribution is -2.36. The van der Waals surface area contributed by atoms with Gasteiger partial charge in [0.1, 0.15) is 11.3 Å². The van der Waals surface area contributed by atoms with E-state index in [1.54, 1.807) is 14.2 Å². The summed E-state index contributed by atoms with van der Waals surface area (Å²) in [6, 6.07) is 10.1. The van der Waals surface area contributed by atoms with Crippen molar-refractivity contribution in [2.45, 2.75) is 26.0 Å². The molecule has 0 aliphatic heterocycles. The smallest absolute Gasteiger partial charge is 0.145 e. The number of hydrogen-bond donors (Lipinski definition) is 1. The fourth-order valence-corrected chi connectivity index (χ4v) is 1.99. The van der Waals surface area contributed by atoms with E-state index >= 15 is 0 Å². The summed E-state index contributed by atoms with van der Waals surface area (Å²) in [6.07, 6.45) is 0. The standard InChI is InChI=1S/C16H22N2O2/c1-16(2,20-4)11-17-10-13-9-8-12-6-5-7-14(19-3)15(12)18-13/h5-9,17H,10-11H2,1-4H3. The quantitative estimate of drug-likeness (QED) is 0.879. The fourth-order valence-electron chi connectivity index (χ4n) is 1.99. The zero-order valence-electron chi connectivity index (χ0n) is 12.6. The topological polar surface area (TPSA) is 43.4 Å². The molecule has 4 heteroatoms. The molecule has 2 aromatic rings. The van der Waals surface area contributed by atoms with Crippen LogP contribution in [0.3, 0.4) is 0 Å². The van der Waals surface area contributed by atoms with Gasteiger partial charge in [0.05, 0.1) is 18.4 Å². The molecular formula is C16H22N2O2. The maximum atomic E-state index is 5.38. The van der Waals surface area contributed by atoms with Crippen molar-refractivity contribution in [1.29, 1.82) is 0 Å². The van der Waals surface area contributed by atoms with Crippen LogP contribution in [0, 0.1) is 0 Å². The summed E-state index contributed by atoms with van der Waals surface area (Å²) in [5.41, 5.74) is 1.73. The van der Waals surface area contributed by atoms with Crippen LogP contribution in [-0.2, 0) is 11.3 Å². The van der Waals surface area contributed by atoms with Crippen LogP contribution in [0.15, 0.2) is 30.3 Å². The number of ether oxygens (including phenoxy) is 2. The van der Waals surface area contributed by atoms with E-state index in [1.807, 2.05) is 24.3 Å². The molecule has 0 amide bonds. The normalized spacial score (nSPS) is 11.8. The van der Waals surface area contributed by atoms with Crippen molar-refractivity contribution in [3.05, 3.63) is 36.0 Å². The van der Waals surface area contributed by atoms with Crippen molar-refractivity contribution in [2.24, 2.45) is 0 Å². The van der Waals surface area contributed by atoms with Crippen molar-refractivity contribution in [2.75, 3.05) is 20.8 Å². The highest BCUT2D eigenvalue weighted by Gasteiger charge is 2.15. The van der Waals surface area contributed by atoms with E-state index in [0.717, 1.165) is 28.9 Å². The summed E-state index contributed by atoms with van der Waals surface area (Å²) < 4.78 is 10.7. The molecule has 1 heterocycles. The predicted molar refractivity (Wildman–Crippen MR) is 81.1 cm³/mol. The third-order valence-corrected chi connectivity index (χ3v) is 3.37. The Balaban J connectivity index is 2.12. The predicted octanol–water partition coefficient (Wildman–Crippen LogP) is 2.76. The van der Waals surface area contributed by atoms with E-state index in [-0.39, 0.29) is 5.60 Å². The zero-order chi connectivity index (χ0) is 14.6. The first-order valence-corrected chi connectivity index (χ1v) is 6.74. The first-order chi connectivity index (χ1) is 9.55. The Morgan fingerprint density at radius 1 is 1.15 bits per heavy atom. The van der Waals surface area contributed by atoms with Gasteiger partial charge in [-0.15, -0.1) is 0 Å². The van der Waals surface area contributed by atoms with Gasteiger partial charge in [0, 0.05) is 25.6 Å². The van der Waals surface area contributed by atoms with Crippen molar-refractivity contribution in [3.63, 3.8) is 0 Å². The third kappa shape index (κ3) is 3.46. The molecule has 4 nitrogen and oxygen atoms in total. The highest BCUT2D eigenvalue weighted by atomic mass is 16.5. The summed E-state index contributed by atoms with van der Waals surface area (Å²) in [6.45, 7) is 5.59. The number of para-hydroxylation sites is 1. The van der Waals surface area contributed by atoms with Crippen LogP contribution in [-0.4, -0.2) is 31.3 Å². The maximum absolute atomic E-state index is 5.38. The molecule has 20 heavy (non-hydrogen) atoms. The Hall–Kier alpha value is -1.65. The van der Waals surface area contributed by atoms with Gasteiger partial charge in [-0.1, -0.05) is 18.2 Å². The van der Waals surface area contributed by atoms with Crippen molar-refractivity contribution >= 4 is 10.9 Å². The van der Waals surface area contributed by atoms with E-state index in [1.165, 1.54) is 0 Å². The van der Waals surface area contributed by atoms with Crippen LogP contribution in [0.5, 0.6) is 5.75 Å². The number of methoxy groups -OCH3 is 2. The van der Waals surface area contributed by atoms with E-state index in [4.69, 9.17) is 9.47 Å². The lowest BCUT2D eigenvalue weighted by molar-refractivity contribution is 0.0230. The van der Waals surface area contributed by atoms with Gasteiger partial charge in [-0.05, 0) is 26.0 Å². The monoisotopic (exact) mass is 274 g/mol. The number of benzene rings is 1. The lowest BCUT2D eigenvalue weighted by atomic mass is 10.1. The van der Waals surface area contributed by atoms with E-state index in [9.17, 15) is 0 Å². The molecule has 1 N–H and O–H groups in total. The first kappa shape index (κ1) is 14.8. The number of hydrogen-bond acceptors (Lipinski definition) is 4. The highest BCUT2D eigenvalue weighted by Crippen LogP contribution is 2.23. The molecule has 0 radical (unpaired) electrons. The molecule has 0 spiro atoms. The molecule has 1 aromatic heterocycles. The summed E-state index contributed by atoms with van der Waals surface area (Å²) >= 11 is 0. The largest absolute Gasteiger partial charge is 0.494 e. The lowest BCUT2D eigenvalue weighted by Gasteiger charge is -2.23. The van der Waals surface area contributed by atoms with Crippen LogP contribution >= 0.6 is 0 Å². The molecule has 2 rings (SSSR count). The van der Waals surface area contributed by atoms with Crippen molar-refractivity contribution < 1.29 is 9.47 Å². The number of pyridine rings is 1. The van der Waals surface area contributed by atoms with Gasteiger partial charge in [0.2, 0.25) is 0 Å². The number of rotatable bonds is 6. The van der Waals surface area contributed by atoms with Gasteiger partial charge in [-0.25, -0.2) is 4.98 Å². The maximum Gasteiger partial charge on any atom is 0.145 e. The summed E-state index contributed by atoms with van der Waals surface area (Å²) in [4.78, 5) is 4.66. The Morgan fingerprint density at radius 2 is 1.95 bits per heavy atom. The van der Waals surface area contributed by atoms with Crippen LogP contribution in [0.25, 0.3) is 10.9 Å². The fraction of sp³-hybridized carbons (Fsp3) is 0.438. The SMILES string of the molecule is COc1cccc2ccc(CNCC(C)(C)OC)nc12. The average molecular weight is 274 g/mol. The molecule has 1 aromatic carbocycles. The van der Waals surface area contributed by atoms with Crippen LogP contribution in [0.2, 0.25) is 0 Å². The molecule has 0 bridgehead atoms. The summed E-state index contributed by atoms with van der Waals surface area (Å²) in [7, 11) is 3.39. The molecule has 108 valence electrons. The zero-order valence-corrected chi connectivity index (χ0v) is 12.6. The molecule has 0 aliphatic rings. The Kier molecular flexibility index (Phi) is 4.57. The van der Waals surface area contributed by atoms with Crippen LogP contribution in [0.1, 0.15) is 19.5 Å². The average Bonchev–Trinajstić information content (AvgIpc) is 2.46. The molecular weight excluding hydrogens is 252 g/mol. The van der Waals surface area contributed by atoms with Crippen LogP contribution in [0.4, 0.5) is 0 Å². The third-order valence-electron chi connectivity index (χ3n) is 3.37.